The first-order chi connectivity index (χ1) is 13.8. The highest BCUT2D eigenvalue weighted by Crippen LogP contribution is 2.25. The van der Waals surface area contributed by atoms with Crippen LogP contribution >= 0.6 is 11.6 Å². The van der Waals surface area contributed by atoms with Crippen molar-refractivity contribution in [3.05, 3.63) is 88.9 Å². The summed E-state index contributed by atoms with van der Waals surface area (Å²) >= 11 is 5.95. The molecule has 150 valence electrons. The van der Waals surface area contributed by atoms with Gasteiger partial charge in [-0.3, -0.25) is 9.10 Å². The van der Waals surface area contributed by atoms with Gasteiger partial charge >= 0.3 is 0 Å². The van der Waals surface area contributed by atoms with Crippen molar-refractivity contribution in [1.29, 1.82) is 0 Å². The van der Waals surface area contributed by atoms with Gasteiger partial charge in [0, 0.05) is 22.8 Å². The van der Waals surface area contributed by atoms with Crippen molar-refractivity contribution in [2.45, 2.75) is 18.7 Å². The summed E-state index contributed by atoms with van der Waals surface area (Å²) in [5.41, 5.74) is 2.45. The lowest BCUT2D eigenvalue weighted by Crippen LogP contribution is -2.30. The third-order valence-corrected chi connectivity index (χ3v) is 6.62. The SMILES string of the molecule is CCN(c1ccc(C(=O)Nc2ccc(Cl)cc2C)cc1)S(=O)(=O)c1ccccc1. The number of carbonyl (C=O) groups excluding carboxylic acids is 1. The lowest BCUT2D eigenvalue weighted by molar-refractivity contribution is 0.102. The Morgan fingerprint density at radius 3 is 2.24 bits per heavy atom. The predicted molar refractivity (Wildman–Crippen MR) is 117 cm³/mol. The van der Waals surface area contributed by atoms with Crippen LogP contribution in [0.25, 0.3) is 0 Å². The molecule has 0 aromatic heterocycles. The molecule has 0 aliphatic heterocycles. The monoisotopic (exact) mass is 428 g/mol. The Morgan fingerprint density at radius 1 is 1.00 bits per heavy atom. The molecule has 0 bridgehead atoms. The normalized spacial score (nSPS) is 11.1. The Labute approximate surface area is 176 Å². The molecule has 0 aliphatic carbocycles. The fraction of sp³-hybridized carbons (Fsp3) is 0.136. The van der Waals surface area contributed by atoms with E-state index in [1.807, 2.05) is 6.92 Å². The van der Waals surface area contributed by atoms with E-state index in [2.05, 4.69) is 5.32 Å². The van der Waals surface area contributed by atoms with Crippen molar-refractivity contribution in [2.24, 2.45) is 0 Å². The van der Waals surface area contributed by atoms with Crippen LogP contribution in [-0.2, 0) is 10.0 Å². The van der Waals surface area contributed by atoms with E-state index in [0.717, 1.165) is 5.56 Å². The van der Waals surface area contributed by atoms with Crippen molar-refractivity contribution >= 4 is 38.9 Å². The van der Waals surface area contributed by atoms with Crippen molar-refractivity contribution < 1.29 is 13.2 Å². The Morgan fingerprint density at radius 2 is 1.66 bits per heavy atom. The molecule has 1 amide bonds. The molecule has 0 unspecified atom stereocenters. The van der Waals surface area contributed by atoms with Gasteiger partial charge in [-0.1, -0.05) is 29.8 Å². The quantitative estimate of drug-likeness (QED) is 0.592. The summed E-state index contributed by atoms with van der Waals surface area (Å²) in [5.74, 6) is -0.282. The van der Waals surface area contributed by atoms with Crippen LogP contribution in [0, 0.1) is 6.92 Å². The first-order valence-electron chi connectivity index (χ1n) is 9.08. The Bertz CT molecular complexity index is 1110. The summed E-state index contributed by atoms with van der Waals surface area (Å²) in [6.45, 7) is 3.90. The number of sulfonamides is 1. The van der Waals surface area contributed by atoms with Gasteiger partial charge in [-0.15, -0.1) is 0 Å². The van der Waals surface area contributed by atoms with Gasteiger partial charge in [0.25, 0.3) is 15.9 Å². The van der Waals surface area contributed by atoms with E-state index in [-0.39, 0.29) is 17.3 Å². The number of hydrogen-bond donors (Lipinski definition) is 1. The first kappa shape index (κ1) is 20.9. The van der Waals surface area contributed by atoms with Crippen molar-refractivity contribution in [3.8, 4) is 0 Å². The van der Waals surface area contributed by atoms with Gasteiger partial charge in [-0.05, 0) is 74.0 Å². The standard InChI is InChI=1S/C22H21ClN2O3S/c1-3-25(29(27,28)20-7-5-4-6-8-20)19-12-9-17(10-13-19)22(26)24-21-14-11-18(23)15-16(21)2/h4-15H,3H2,1-2H3,(H,24,26). The number of nitrogens with zero attached hydrogens (tertiary/aromatic N) is 1. The summed E-state index contributed by atoms with van der Waals surface area (Å²) in [4.78, 5) is 12.8. The molecule has 1 N–H and O–H groups in total. The van der Waals surface area contributed by atoms with Gasteiger partial charge in [0.1, 0.15) is 0 Å². The molecule has 0 aliphatic rings. The minimum atomic E-state index is -3.68. The lowest BCUT2D eigenvalue weighted by atomic mass is 10.1. The molecule has 3 rings (SSSR count). The number of aryl methyl sites for hydroxylation is 1. The highest BCUT2D eigenvalue weighted by Gasteiger charge is 2.23. The van der Waals surface area contributed by atoms with E-state index >= 15 is 0 Å². The van der Waals surface area contributed by atoms with Crippen molar-refractivity contribution in [3.63, 3.8) is 0 Å². The van der Waals surface area contributed by atoms with Gasteiger partial charge in [-0.25, -0.2) is 8.42 Å². The second kappa shape index (κ2) is 8.68. The maximum absolute atomic E-state index is 12.9. The number of benzene rings is 3. The zero-order chi connectivity index (χ0) is 21.0. The van der Waals surface area contributed by atoms with Gasteiger partial charge < -0.3 is 5.32 Å². The van der Waals surface area contributed by atoms with Crippen molar-refractivity contribution in [1.82, 2.24) is 0 Å². The summed E-state index contributed by atoms with van der Waals surface area (Å²) in [5, 5.41) is 3.44. The minimum absolute atomic E-state index is 0.224. The van der Waals surface area contributed by atoms with Crippen molar-refractivity contribution in [2.75, 3.05) is 16.2 Å². The summed E-state index contributed by atoms with van der Waals surface area (Å²) in [6, 6.07) is 20.0. The molecule has 0 saturated carbocycles. The predicted octanol–water partition coefficient (Wildman–Crippen LogP) is 5.12. The van der Waals surface area contributed by atoms with E-state index < -0.39 is 10.0 Å². The van der Waals surface area contributed by atoms with E-state index in [1.165, 1.54) is 4.31 Å². The molecule has 0 heterocycles. The van der Waals surface area contributed by atoms with Crippen LogP contribution in [0.5, 0.6) is 0 Å². The minimum Gasteiger partial charge on any atom is -0.322 e. The highest BCUT2D eigenvalue weighted by molar-refractivity contribution is 7.92. The summed E-state index contributed by atoms with van der Waals surface area (Å²) in [6.07, 6.45) is 0. The van der Waals surface area contributed by atoms with E-state index in [4.69, 9.17) is 11.6 Å². The van der Waals surface area contributed by atoms with Gasteiger partial charge in [0.15, 0.2) is 0 Å². The fourth-order valence-corrected chi connectivity index (χ4v) is 4.67. The van der Waals surface area contributed by atoms with E-state index in [1.54, 1.807) is 79.7 Å². The smallest absolute Gasteiger partial charge is 0.264 e. The Balaban J connectivity index is 1.82. The maximum atomic E-state index is 12.9. The molecule has 7 heteroatoms. The average molecular weight is 429 g/mol. The van der Waals surface area contributed by atoms with Crippen LogP contribution in [0.4, 0.5) is 11.4 Å². The number of rotatable bonds is 6. The summed E-state index contributed by atoms with van der Waals surface area (Å²) in [7, 11) is -3.68. The zero-order valence-electron chi connectivity index (χ0n) is 16.1. The molecule has 5 nitrogen and oxygen atoms in total. The number of anilines is 2. The van der Waals surface area contributed by atoms with Gasteiger partial charge in [0.2, 0.25) is 0 Å². The molecule has 3 aromatic carbocycles. The van der Waals surface area contributed by atoms with E-state index in [0.29, 0.717) is 22.0 Å². The fourth-order valence-electron chi connectivity index (χ4n) is 2.95. The van der Waals surface area contributed by atoms with Crippen LogP contribution in [0.2, 0.25) is 5.02 Å². The van der Waals surface area contributed by atoms with Crippen LogP contribution in [0.3, 0.4) is 0 Å². The van der Waals surface area contributed by atoms with E-state index in [9.17, 15) is 13.2 Å². The molecule has 0 saturated heterocycles. The molecule has 29 heavy (non-hydrogen) atoms. The maximum Gasteiger partial charge on any atom is 0.264 e. The van der Waals surface area contributed by atoms with Crippen LogP contribution in [0.15, 0.2) is 77.7 Å². The second-order valence-electron chi connectivity index (χ2n) is 6.44. The largest absolute Gasteiger partial charge is 0.322 e. The van der Waals surface area contributed by atoms with Crippen LogP contribution in [-0.4, -0.2) is 20.9 Å². The Kier molecular flexibility index (Phi) is 6.25. The molecule has 0 fully saturated rings. The number of amides is 1. The third-order valence-electron chi connectivity index (χ3n) is 4.47. The lowest BCUT2D eigenvalue weighted by Gasteiger charge is -2.23. The van der Waals surface area contributed by atoms with Crippen LogP contribution in [0.1, 0.15) is 22.8 Å². The van der Waals surface area contributed by atoms with Gasteiger partial charge in [-0.2, -0.15) is 0 Å². The number of hydrogen-bond acceptors (Lipinski definition) is 3. The average Bonchev–Trinajstić information content (AvgIpc) is 2.71. The molecule has 0 radical (unpaired) electrons. The third kappa shape index (κ3) is 4.60. The number of nitrogens with one attached hydrogen (secondary N) is 1. The molecular formula is C22H21ClN2O3S. The zero-order valence-corrected chi connectivity index (χ0v) is 17.7. The number of halogens is 1. The van der Waals surface area contributed by atoms with Crippen LogP contribution < -0.4 is 9.62 Å². The topological polar surface area (TPSA) is 66.5 Å². The highest BCUT2D eigenvalue weighted by atomic mass is 35.5. The molecular weight excluding hydrogens is 408 g/mol. The molecule has 3 aromatic rings. The first-order valence-corrected chi connectivity index (χ1v) is 10.9. The van der Waals surface area contributed by atoms with Gasteiger partial charge in [0.05, 0.1) is 10.6 Å². The Hall–Kier alpha value is -2.83. The molecule has 0 spiro atoms. The summed E-state index contributed by atoms with van der Waals surface area (Å²) < 4.78 is 27.2. The second-order valence-corrected chi connectivity index (χ2v) is 8.74. The number of carbonyl (C=O) groups is 1. The molecule has 0 atom stereocenters.